The van der Waals surface area contributed by atoms with Crippen molar-refractivity contribution in [3.8, 4) is 0 Å². The second kappa shape index (κ2) is 11.2. The van der Waals surface area contributed by atoms with Crippen LogP contribution in [0, 0.1) is 0 Å². The van der Waals surface area contributed by atoms with E-state index in [9.17, 15) is 9.36 Å². The van der Waals surface area contributed by atoms with Crippen molar-refractivity contribution >= 4 is 13.7 Å². The van der Waals surface area contributed by atoms with Crippen molar-refractivity contribution in [1.82, 2.24) is 5.32 Å². The van der Waals surface area contributed by atoms with Crippen LogP contribution >= 0.6 is 7.82 Å². The molecule has 0 spiro atoms. The van der Waals surface area contributed by atoms with Crippen LogP contribution in [-0.2, 0) is 13.9 Å². The Morgan fingerprint density at radius 3 is 2.25 bits per heavy atom. The standard InChI is InChI=1S/C12H26NO6P/c1-11(13-12(15)10-14)8-6-4-2-3-5-7-9-19-20(16,17)18/h11,14H,2-10H2,1H3,(H,13,15)(H2,16,17,18). The molecular formula is C12H26NO6P. The van der Waals surface area contributed by atoms with Gasteiger partial charge in [0.15, 0.2) is 0 Å². The highest BCUT2D eigenvalue weighted by atomic mass is 31.2. The minimum Gasteiger partial charge on any atom is -0.387 e. The van der Waals surface area contributed by atoms with Crippen LogP contribution in [0.2, 0.25) is 0 Å². The SMILES string of the molecule is CC(CCCCCCCCOP(=O)(O)O)NC(=O)CO. The van der Waals surface area contributed by atoms with Crippen molar-refractivity contribution in [2.45, 2.75) is 57.9 Å². The van der Waals surface area contributed by atoms with Crippen LogP contribution in [0.1, 0.15) is 51.9 Å². The number of amides is 1. The number of phosphoric ester groups is 1. The van der Waals surface area contributed by atoms with Crippen LogP contribution in [0.3, 0.4) is 0 Å². The van der Waals surface area contributed by atoms with E-state index in [-0.39, 0.29) is 18.6 Å². The van der Waals surface area contributed by atoms with Crippen LogP contribution in [0.15, 0.2) is 0 Å². The van der Waals surface area contributed by atoms with Crippen LogP contribution < -0.4 is 5.32 Å². The maximum atomic E-state index is 10.9. The summed E-state index contributed by atoms with van der Waals surface area (Å²) >= 11 is 0. The summed E-state index contributed by atoms with van der Waals surface area (Å²) < 4.78 is 14.7. The van der Waals surface area contributed by atoms with Crippen molar-refractivity contribution < 1.29 is 28.8 Å². The van der Waals surface area contributed by atoms with Crippen molar-refractivity contribution in [2.75, 3.05) is 13.2 Å². The first kappa shape index (κ1) is 19.5. The molecule has 120 valence electrons. The molecule has 7 nitrogen and oxygen atoms in total. The number of unbranched alkanes of at least 4 members (excludes halogenated alkanes) is 5. The smallest absolute Gasteiger partial charge is 0.387 e. The van der Waals surface area contributed by atoms with Gasteiger partial charge < -0.3 is 20.2 Å². The maximum Gasteiger partial charge on any atom is 0.469 e. The molecule has 0 rings (SSSR count). The molecule has 0 bridgehead atoms. The fraction of sp³-hybridized carbons (Fsp3) is 0.917. The molecule has 0 saturated heterocycles. The quantitative estimate of drug-likeness (QED) is 0.319. The predicted molar refractivity (Wildman–Crippen MR) is 75.0 cm³/mol. The summed E-state index contributed by atoms with van der Waals surface area (Å²) in [5, 5.41) is 11.3. The van der Waals surface area contributed by atoms with Gasteiger partial charge >= 0.3 is 7.82 Å². The van der Waals surface area contributed by atoms with Gasteiger partial charge in [0.1, 0.15) is 6.61 Å². The Kier molecular flexibility index (Phi) is 11.0. The molecule has 0 aliphatic rings. The third-order valence-corrected chi connectivity index (χ3v) is 3.36. The van der Waals surface area contributed by atoms with E-state index in [1.807, 2.05) is 6.92 Å². The summed E-state index contributed by atoms with van der Waals surface area (Å²) in [7, 11) is -4.31. The summed E-state index contributed by atoms with van der Waals surface area (Å²) in [6, 6.07) is 0.0753. The highest BCUT2D eigenvalue weighted by Gasteiger charge is 2.12. The second-order valence-electron chi connectivity index (χ2n) is 4.86. The molecule has 0 aromatic heterocycles. The molecule has 0 fully saturated rings. The number of carbonyl (C=O) groups excluding carboxylic acids is 1. The molecule has 20 heavy (non-hydrogen) atoms. The Labute approximate surface area is 120 Å². The summed E-state index contributed by atoms with van der Waals surface area (Å²) in [5.74, 6) is -0.345. The first-order chi connectivity index (χ1) is 9.35. The molecule has 4 N–H and O–H groups in total. The second-order valence-corrected chi connectivity index (χ2v) is 6.10. The molecule has 0 aliphatic carbocycles. The van der Waals surface area contributed by atoms with Crippen molar-refractivity contribution in [3.63, 3.8) is 0 Å². The average molecular weight is 311 g/mol. The molecule has 0 saturated carbocycles. The largest absolute Gasteiger partial charge is 0.469 e. The van der Waals surface area contributed by atoms with E-state index in [1.165, 1.54) is 0 Å². The zero-order chi connectivity index (χ0) is 15.4. The minimum atomic E-state index is -4.31. The highest BCUT2D eigenvalue weighted by Crippen LogP contribution is 2.35. The van der Waals surface area contributed by atoms with Crippen LogP contribution in [0.4, 0.5) is 0 Å². The van der Waals surface area contributed by atoms with Gasteiger partial charge in [0, 0.05) is 6.04 Å². The Hall–Kier alpha value is -0.460. The highest BCUT2D eigenvalue weighted by molar-refractivity contribution is 7.46. The number of aliphatic hydroxyl groups is 1. The van der Waals surface area contributed by atoms with E-state index < -0.39 is 14.4 Å². The Balaban J connectivity index is 3.28. The van der Waals surface area contributed by atoms with Gasteiger partial charge in [0.2, 0.25) is 5.91 Å². The van der Waals surface area contributed by atoms with E-state index in [0.717, 1.165) is 38.5 Å². The molecule has 0 aromatic carbocycles. The fourth-order valence-electron chi connectivity index (χ4n) is 1.84. The number of hydrogen-bond donors (Lipinski definition) is 4. The van der Waals surface area contributed by atoms with Gasteiger partial charge in [-0.1, -0.05) is 32.1 Å². The number of rotatable bonds is 12. The van der Waals surface area contributed by atoms with Gasteiger partial charge in [-0.15, -0.1) is 0 Å². The number of hydrogen-bond acceptors (Lipinski definition) is 4. The zero-order valence-electron chi connectivity index (χ0n) is 12.0. The van der Waals surface area contributed by atoms with Crippen molar-refractivity contribution in [1.29, 1.82) is 0 Å². The van der Waals surface area contributed by atoms with E-state index in [1.54, 1.807) is 0 Å². The summed E-state index contributed by atoms with van der Waals surface area (Å²) in [6.07, 6.45) is 6.53. The number of carbonyl (C=O) groups is 1. The molecular weight excluding hydrogens is 285 g/mol. The molecule has 0 aromatic rings. The number of aliphatic hydroxyl groups excluding tert-OH is 1. The number of nitrogens with one attached hydrogen (secondary N) is 1. The van der Waals surface area contributed by atoms with Gasteiger partial charge in [-0.25, -0.2) is 4.57 Å². The Morgan fingerprint density at radius 1 is 1.15 bits per heavy atom. The molecule has 1 atom stereocenters. The first-order valence-electron chi connectivity index (χ1n) is 6.95. The normalized spacial score (nSPS) is 13.2. The summed E-state index contributed by atoms with van der Waals surface area (Å²) in [6.45, 7) is 1.53. The minimum absolute atomic E-state index is 0.0753. The van der Waals surface area contributed by atoms with E-state index in [2.05, 4.69) is 9.84 Å². The molecule has 8 heteroatoms. The fourth-order valence-corrected chi connectivity index (χ4v) is 2.20. The lowest BCUT2D eigenvalue weighted by Crippen LogP contribution is -2.34. The molecule has 1 unspecified atom stereocenters. The molecule has 0 aliphatic heterocycles. The maximum absolute atomic E-state index is 10.9. The van der Waals surface area contributed by atoms with Crippen molar-refractivity contribution in [3.05, 3.63) is 0 Å². The number of phosphoric acid groups is 1. The van der Waals surface area contributed by atoms with Crippen LogP contribution in [0.5, 0.6) is 0 Å². The van der Waals surface area contributed by atoms with Gasteiger partial charge in [-0.05, 0) is 19.8 Å². The summed E-state index contributed by atoms with van der Waals surface area (Å²) in [4.78, 5) is 27.8. The molecule has 0 radical (unpaired) electrons. The lowest BCUT2D eigenvalue weighted by atomic mass is 10.1. The zero-order valence-corrected chi connectivity index (χ0v) is 12.8. The topological polar surface area (TPSA) is 116 Å². The first-order valence-corrected chi connectivity index (χ1v) is 8.48. The predicted octanol–water partition coefficient (Wildman–Crippen LogP) is 1.32. The van der Waals surface area contributed by atoms with E-state index in [0.29, 0.717) is 6.42 Å². The van der Waals surface area contributed by atoms with E-state index >= 15 is 0 Å². The molecule has 0 heterocycles. The van der Waals surface area contributed by atoms with Gasteiger partial charge in [-0.3, -0.25) is 9.32 Å². The lowest BCUT2D eigenvalue weighted by Gasteiger charge is -2.12. The molecule has 1 amide bonds. The van der Waals surface area contributed by atoms with Gasteiger partial charge in [0.05, 0.1) is 6.61 Å². The third-order valence-electron chi connectivity index (χ3n) is 2.84. The van der Waals surface area contributed by atoms with Crippen LogP contribution in [0.25, 0.3) is 0 Å². The lowest BCUT2D eigenvalue weighted by molar-refractivity contribution is -0.124. The Bertz CT molecular complexity index is 306. The van der Waals surface area contributed by atoms with Gasteiger partial charge in [0.25, 0.3) is 0 Å². The third kappa shape index (κ3) is 14.0. The van der Waals surface area contributed by atoms with E-state index in [4.69, 9.17) is 14.9 Å². The average Bonchev–Trinajstić information content (AvgIpc) is 2.35. The van der Waals surface area contributed by atoms with Crippen molar-refractivity contribution in [2.24, 2.45) is 0 Å². The Morgan fingerprint density at radius 2 is 1.70 bits per heavy atom. The monoisotopic (exact) mass is 311 g/mol. The van der Waals surface area contributed by atoms with Gasteiger partial charge in [-0.2, -0.15) is 0 Å². The van der Waals surface area contributed by atoms with Crippen LogP contribution in [-0.4, -0.2) is 40.1 Å². The summed E-state index contributed by atoms with van der Waals surface area (Å²) in [5.41, 5.74) is 0.